The van der Waals surface area contributed by atoms with Crippen molar-refractivity contribution in [2.45, 2.75) is 38.5 Å². The number of hydrogen-bond acceptors (Lipinski definition) is 7. The monoisotopic (exact) mass is 458 g/mol. The van der Waals surface area contributed by atoms with E-state index in [4.69, 9.17) is 14.2 Å². The minimum absolute atomic E-state index is 0.0154. The molecule has 0 saturated carbocycles. The SMILES string of the molecule is CCOc1ccsc1C(=O)N1CCC(N2C(=O)OC[C@H]2C(=O)OCc2ccccc2)CC1. The van der Waals surface area contributed by atoms with E-state index in [-0.39, 0.29) is 25.2 Å². The van der Waals surface area contributed by atoms with Crippen LogP contribution in [0.15, 0.2) is 41.8 Å². The molecule has 0 bridgehead atoms. The zero-order chi connectivity index (χ0) is 22.5. The van der Waals surface area contributed by atoms with E-state index in [1.165, 1.54) is 16.2 Å². The molecule has 2 saturated heterocycles. The number of rotatable bonds is 7. The van der Waals surface area contributed by atoms with E-state index in [1.807, 2.05) is 42.6 Å². The maximum Gasteiger partial charge on any atom is 0.410 e. The molecule has 2 aromatic rings. The average molecular weight is 459 g/mol. The molecule has 0 N–H and O–H groups in total. The average Bonchev–Trinajstić information content (AvgIpc) is 3.44. The largest absolute Gasteiger partial charge is 0.492 e. The maximum atomic E-state index is 12.9. The standard InChI is InChI=1S/C23H26N2O6S/c1-2-29-19-10-13-32-20(19)21(26)24-11-8-17(9-12-24)25-18(15-31-23(25)28)22(27)30-14-16-6-4-3-5-7-16/h3-7,10,13,17-18H,2,8-9,11-12,14-15H2,1H3/t18-/m0/s1. The van der Waals surface area contributed by atoms with Crippen molar-refractivity contribution in [3.8, 4) is 5.75 Å². The molecule has 1 aromatic carbocycles. The van der Waals surface area contributed by atoms with Crippen molar-refractivity contribution in [2.75, 3.05) is 26.3 Å². The van der Waals surface area contributed by atoms with Crippen LogP contribution >= 0.6 is 11.3 Å². The van der Waals surface area contributed by atoms with Crippen LogP contribution in [0.2, 0.25) is 0 Å². The van der Waals surface area contributed by atoms with Crippen LogP contribution < -0.4 is 4.74 Å². The van der Waals surface area contributed by atoms with Gasteiger partial charge >= 0.3 is 12.1 Å². The van der Waals surface area contributed by atoms with Crippen LogP contribution in [0.5, 0.6) is 5.75 Å². The zero-order valence-corrected chi connectivity index (χ0v) is 18.7. The van der Waals surface area contributed by atoms with Gasteiger partial charge in [-0.3, -0.25) is 9.69 Å². The van der Waals surface area contributed by atoms with Crippen LogP contribution in [0.3, 0.4) is 0 Å². The Hall–Kier alpha value is -3.07. The van der Waals surface area contributed by atoms with Gasteiger partial charge in [0.25, 0.3) is 5.91 Å². The van der Waals surface area contributed by atoms with Gasteiger partial charge in [0.15, 0.2) is 6.04 Å². The molecule has 2 fully saturated rings. The van der Waals surface area contributed by atoms with Crippen molar-refractivity contribution in [1.29, 1.82) is 0 Å². The molecule has 9 heteroatoms. The molecule has 4 rings (SSSR count). The van der Waals surface area contributed by atoms with E-state index >= 15 is 0 Å². The molecule has 2 aliphatic heterocycles. The van der Waals surface area contributed by atoms with E-state index in [2.05, 4.69) is 0 Å². The summed E-state index contributed by atoms with van der Waals surface area (Å²) in [5.74, 6) is 0.0665. The van der Waals surface area contributed by atoms with Gasteiger partial charge in [0.2, 0.25) is 0 Å². The topological polar surface area (TPSA) is 85.4 Å². The van der Waals surface area contributed by atoms with Crippen molar-refractivity contribution < 1.29 is 28.6 Å². The van der Waals surface area contributed by atoms with Crippen LogP contribution in [-0.2, 0) is 20.9 Å². The van der Waals surface area contributed by atoms with Gasteiger partial charge < -0.3 is 19.1 Å². The van der Waals surface area contributed by atoms with Gasteiger partial charge in [0.05, 0.1) is 6.61 Å². The van der Waals surface area contributed by atoms with Gasteiger partial charge in [-0.2, -0.15) is 0 Å². The summed E-state index contributed by atoms with van der Waals surface area (Å²) in [5.41, 5.74) is 0.879. The Balaban J connectivity index is 1.35. The summed E-state index contributed by atoms with van der Waals surface area (Å²) in [5, 5.41) is 1.84. The Morgan fingerprint density at radius 3 is 2.62 bits per heavy atom. The fourth-order valence-corrected chi connectivity index (χ4v) is 4.86. The van der Waals surface area contributed by atoms with Crippen LogP contribution in [0.1, 0.15) is 35.0 Å². The number of nitrogens with zero attached hydrogens (tertiary/aromatic N) is 2. The highest BCUT2D eigenvalue weighted by molar-refractivity contribution is 7.12. The molecular formula is C23H26N2O6S. The molecule has 32 heavy (non-hydrogen) atoms. The summed E-state index contributed by atoms with van der Waals surface area (Å²) >= 11 is 1.36. The number of carbonyl (C=O) groups excluding carboxylic acids is 3. The number of cyclic esters (lactones) is 1. The second-order valence-corrected chi connectivity index (χ2v) is 8.58. The molecule has 170 valence electrons. The van der Waals surface area contributed by atoms with Crippen molar-refractivity contribution in [3.63, 3.8) is 0 Å². The zero-order valence-electron chi connectivity index (χ0n) is 17.9. The summed E-state index contributed by atoms with van der Waals surface area (Å²) in [4.78, 5) is 41.8. The first-order valence-electron chi connectivity index (χ1n) is 10.7. The number of amides is 2. The maximum absolute atomic E-state index is 12.9. The van der Waals surface area contributed by atoms with Crippen molar-refractivity contribution in [1.82, 2.24) is 9.80 Å². The molecule has 8 nitrogen and oxygen atoms in total. The molecule has 1 aromatic heterocycles. The number of piperidine rings is 1. The highest BCUT2D eigenvalue weighted by Crippen LogP contribution is 2.29. The first-order valence-corrected chi connectivity index (χ1v) is 11.6. The van der Waals surface area contributed by atoms with Gasteiger partial charge in [-0.05, 0) is 36.8 Å². The Labute approximate surface area is 190 Å². The lowest BCUT2D eigenvalue weighted by atomic mass is 10.0. The summed E-state index contributed by atoms with van der Waals surface area (Å²) < 4.78 is 16.1. The lowest BCUT2D eigenvalue weighted by Crippen LogP contribution is -2.52. The predicted octanol–water partition coefficient (Wildman–Crippen LogP) is 3.32. The second kappa shape index (κ2) is 10.0. The summed E-state index contributed by atoms with van der Waals surface area (Å²) in [6.45, 7) is 3.49. The van der Waals surface area contributed by atoms with Crippen LogP contribution in [0.25, 0.3) is 0 Å². The quantitative estimate of drug-likeness (QED) is 0.592. The van der Waals surface area contributed by atoms with E-state index in [1.54, 1.807) is 11.0 Å². The molecule has 0 spiro atoms. The minimum atomic E-state index is -0.764. The Kier molecular flexibility index (Phi) is 6.94. The van der Waals surface area contributed by atoms with Gasteiger partial charge in [-0.15, -0.1) is 11.3 Å². The Morgan fingerprint density at radius 2 is 1.91 bits per heavy atom. The second-order valence-electron chi connectivity index (χ2n) is 7.66. The number of ether oxygens (including phenoxy) is 3. The van der Waals surface area contributed by atoms with Crippen LogP contribution in [0, 0.1) is 0 Å². The summed E-state index contributed by atoms with van der Waals surface area (Å²) in [6, 6.07) is 10.3. The summed E-state index contributed by atoms with van der Waals surface area (Å²) in [7, 11) is 0. The molecule has 2 amide bonds. The number of hydrogen-bond donors (Lipinski definition) is 0. The van der Waals surface area contributed by atoms with Crippen molar-refractivity contribution in [2.24, 2.45) is 0 Å². The highest BCUT2D eigenvalue weighted by atomic mass is 32.1. The van der Waals surface area contributed by atoms with Crippen molar-refractivity contribution in [3.05, 3.63) is 52.2 Å². The highest BCUT2D eigenvalue weighted by Gasteiger charge is 2.44. The van der Waals surface area contributed by atoms with E-state index in [9.17, 15) is 14.4 Å². The Bertz CT molecular complexity index is 954. The van der Waals surface area contributed by atoms with Crippen LogP contribution in [-0.4, -0.2) is 66.2 Å². The minimum Gasteiger partial charge on any atom is -0.492 e. The first-order chi connectivity index (χ1) is 15.6. The fraction of sp³-hybridized carbons (Fsp3) is 0.435. The molecule has 0 radical (unpaired) electrons. The third-order valence-corrected chi connectivity index (χ3v) is 6.56. The van der Waals surface area contributed by atoms with Gasteiger partial charge in [0, 0.05) is 19.1 Å². The fourth-order valence-electron chi connectivity index (χ4n) is 4.06. The Morgan fingerprint density at radius 1 is 1.16 bits per heavy atom. The lowest BCUT2D eigenvalue weighted by Gasteiger charge is -2.37. The number of esters is 1. The molecular weight excluding hydrogens is 432 g/mol. The van der Waals surface area contributed by atoms with E-state index in [0.717, 1.165) is 5.56 Å². The smallest absolute Gasteiger partial charge is 0.410 e. The van der Waals surface area contributed by atoms with E-state index in [0.29, 0.717) is 43.2 Å². The number of benzene rings is 1. The number of thiophene rings is 1. The predicted molar refractivity (Wildman–Crippen MR) is 118 cm³/mol. The number of likely N-dealkylation sites (tertiary alicyclic amines) is 1. The molecule has 0 unspecified atom stereocenters. The van der Waals surface area contributed by atoms with E-state index < -0.39 is 18.1 Å². The third-order valence-electron chi connectivity index (χ3n) is 5.68. The normalized spacial score (nSPS) is 19.0. The number of carbonyl (C=O) groups is 3. The van der Waals surface area contributed by atoms with Crippen LogP contribution in [0.4, 0.5) is 4.79 Å². The van der Waals surface area contributed by atoms with Crippen molar-refractivity contribution >= 4 is 29.3 Å². The molecule has 3 heterocycles. The van der Waals surface area contributed by atoms with Gasteiger partial charge in [-0.1, -0.05) is 30.3 Å². The third kappa shape index (κ3) is 4.72. The summed E-state index contributed by atoms with van der Waals surface area (Å²) in [6.07, 6.45) is 0.630. The molecule has 1 atom stereocenters. The van der Waals surface area contributed by atoms with Gasteiger partial charge in [0.1, 0.15) is 23.8 Å². The first kappa shape index (κ1) is 22.1. The molecule has 0 aliphatic carbocycles. The van der Waals surface area contributed by atoms with Gasteiger partial charge in [-0.25, -0.2) is 9.59 Å². The molecule has 2 aliphatic rings. The lowest BCUT2D eigenvalue weighted by molar-refractivity contribution is -0.150.